The molecule has 0 saturated heterocycles. The number of nitrogens with zero attached hydrogens (tertiary/aromatic N) is 1. The fraction of sp³-hybridized carbons (Fsp3) is 0.0833. The van der Waals surface area contributed by atoms with Crippen LogP contribution in [-0.2, 0) is 11.2 Å². The van der Waals surface area contributed by atoms with Crippen LogP contribution in [0.15, 0.2) is 71.4 Å². The molecule has 6 heteroatoms. The Balaban J connectivity index is 1.82. The smallest absolute Gasteiger partial charge is 0.309 e. The molecule has 1 amide bonds. The summed E-state index contributed by atoms with van der Waals surface area (Å²) in [5.41, 5.74) is 12.3. The minimum absolute atomic E-state index is 0.107. The zero-order chi connectivity index (χ0) is 21.3. The van der Waals surface area contributed by atoms with Gasteiger partial charge in [0.2, 0.25) is 5.91 Å². The number of aromatic nitrogens is 1. The molecular formula is C24H20N2O3S. The fourth-order valence-electron chi connectivity index (χ4n) is 3.60. The van der Waals surface area contributed by atoms with Crippen LogP contribution < -0.4 is 5.73 Å². The summed E-state index contributed by atoms with van der Waals surface area (Å²) in [5.74, 6) is -1.40. The standard InChI is InChI=1S/C24H20N2O3S/c1-15-12-18(24(25)29)6-8-21(15)26-20(13-23(27)28)7-9-22(26)17-4-2-16(3-5-17)19-10-11-30-14-19/h2-12,14H,13H2,1H3,(H2,25,29)(H,27,28). The Morgan fingerprint density at radius 3 is 2.30 bits per heavy atom. The first-order valence-corrected chi connectivity index (χ1v) is 10.3. The molecule has 2 aromatic heterocycles. The number of primary amides is 1. The van der Waals surface area contributed by atoms with E-state index in [9.17, 15) is 14.7 Å². The van der Waals surface area contributed by atoms with E-state index in [1.54, 1.807) is 23.5 Å². The van der Waals surface area contributed by atoms with Crippen molar-refractivity contribution < 1.29 is 14.7 Å². The molecule has 0 unspecified atom stereocenters. The van der Waals surface area contributed by atoms with Crippen LogP contribution in [0.25, 0.3) is 28.1 Å². The Labute approximate surface area is 178 Å². The topological polar surface area (TPSA) is 85.3 Å². The van der Waals surface area contributed by atoms with Crippen molar-refractivity contribution >= 4 is 23.2 Å². The van der Waals surface area contributed by atoms with Gasteiger partial charge in [0.05, 0.1) is 12.1 Å². The van der Waals surface area contributed by atoms with Gasteiger partial charge in [0.15, 0.2) is 0 Å². The Morgan fingerprint density at radius 2 is 1.70 bits per heavy atom. The molecule has 0 radical (unpaired) electrons. The lowest BCUT2D eigenvalue weighted by Crippen LogP contribution is -2.13. The van der Waals surface area contributed by atoms with Crippen LogP contribution in [0.1, 0.15) is 21.6 Å². The number of carbonyl (C=O) groups excluding carboxylic acids is 1. The van der Waals surface area contributed by atoms with Gasteiger partial charge in [0.1, 0.15) is 0 Å². The molecule has 5 nitrogen and oxygen atoms in total. The van der Waals surface area contributed by atoms with Crippen molar-refractivity contribution in [2.75, 3.05) is 0 Å². The second-order valence-corrected chi connectivity index (χ2v) is 7.85. The van der Waals surface area contributed by atoms with Crippen LogP contribution in [0.5, 0.6) is 0 Å². The molecule has 30 heavy (non-hydrogen) atoms. The van der Waals surface area contributed by atoms with Crippen LogP contribution in [0.2, 0.25) is 0 Å². The van der Waals surface area contributed by atoms with Crippen molar-refractivity contribution in [2.24, 2.45) is 5.73 Å². The highest BCUT2D eigenvalue weighted by atomic mass is 32.1. The molecule has 2 aromatic carbocycles. The van der Waals surface area contributed by atoms with Crippen molar-refractivity contribution in [3.63, 3.8) is 0 Å². The Hall–Kier alpha value is -3.64. The predicted octanol–water partition coefficient (Wildman–Crippen LogP) is 4.91. The molecule has 0 fully saturated rings. The molecule has 0 bridgehead atoms. The van der Waals surface area contributed by atoms with E-state index in [0.717, 1.165) is 28.1 Å². The van der Waals surface area contributed by atoms with Crippen LogP contribution in [0, 0.1) is 6.92 Å². The molecule has 0 aliphatic carbocycles. The molecule has 4 aromatic rings. The van der Waals surface area contributed by atoms with E-state index in [2.05, 4.69) is 23.6 Å². The number of carboxylic acid groups (broad SMARTS) is 1. The van der Waals surface area contributed by atoms with Gasteiger partial charge in [-0.15, -0.1) is 0 Å². The lowest BCUT2D eigenvalue weighted by molar-refractivity contribution is -0.136. The minimum atomic E-state index is -0.903. The van der Waals surface area contributed by atoms with Gasteiger partial charge in [-0.05, 0) is 76.3 Å². The van der Waals surface area contributed by atoms with Gasteiger partial charge < -0.3 is 15.4 Å². The Bertz CT molecular complexity index is 1220. The summed E-state index contributed by atoms with van der Waals surface area (Å²) >= 11 is 1.66. The summed E-state index contributed by atoms with van der Waals surface area (Å²) in [5, 5.41) is 13.5. The number of rotatable bonds is 6. The molecule has 150 valence electrons. The van der Waals surface area contributed by atoms with E-state index < -0.39 is 11.9 Å². The van der Waals surface area contributed by atoms with Gasteiger partial charge in [0, 0.05) is 16.9 Å². The Kier molecular flexibility index (Phi) is 5.25. The first kappa shape index (κ1) is 19.7. The van der Waals surface area contributed by atoms with E-state index in [1.165, 1.54) is 5.56 Å². The van der Waals surface area contributed by atoms with Gasteiger partial charge >= 0.3 is 5.97 Å². The molecule has 0 spiro atoms. The van der Waals surface area contributed by atoms with Gasteiger partial charge in [0.25, 0.3) is 0 Å². The van der Waals surface area contributed by atoms with Crippen molar-refractivity contribution in [3.8, 4) is 28.1 Å². The molecule has 0 saturated carbocycles. The zero-order valence-corrected chi connectivity index (χ0v) is 17.1. The molecule has 2 heterocycles. The third kappa shape index (κ3) is 3.77. The van der Waals surface area contributed by atoms with Crippen molar-refractivity contribution in [3.05, 3.63) is 88.2 Å². The SMILES string of the molecule is Cc1cc(C(N)=O)ccc1-n1c(CC(=O)O)ccc1-c1ccc(-c2ccsc2)cc1. The highest BCUT2D eigenvalue weighted by Gasteiger charge is 2.17. The fourth-order valence-corrected chi connectivity index (χ4v) is 4.27. The molecular weight excluding hydrogens is 396 g/mol. The summed E-state index contributed by atoms with van der Waals surface area (Å²) in [6, 6.07) is 19.2. The average molecular weight is 417 g/mol. The molecule has 0 atom stereocenters. The number of benzene rings is 2. The third-order valence-electron chi connectivity index (χ3n) is 5.05. The molecule has 0 aliphatic rings. The van der Waals surface area contributed by atoms with Gasteiger partial charge in [-0.1, -0.05) is 24.3 Å². The van der Waals surface area contributed by atoms with Gasteiger partial charge in [-0.25, -0.2) is 0 Å². The lowest BCUT2D eigenvalue weighted by Gasteiger charge is -2.16. The second-order valence-electron chi connectivity index (χ2n) is 7.07. The second kappa shape index (κ2) is 8.00. The zero-order valence-electron chi connectivity index (χ0n) is 16.3. The van der Waals surface area contributed by atoms with Crippen molar-refractivity contribution in [1.82, 2.24) is 4.57 Å². The van der Waals surface area contributed by atoms with E-state index >= 15 is 0 Å². The number of aryl methyl sites for hydroxylation is 1. The van der Waals surface area contributed by atoms with Crippen LogP contribution >= 0.6 is 11.3 Å². The summed E-state index contributed by atoms with van der Waals surface area (Å²) in [6.45, 7) is 1.88. The molecule has 4 rings (SSSR count). The maximum Gasteiger partial charge on any atom is 0.309 e. The summed E-state index contributed by atoms with van der Waals surface area (Å²) in [7, 11) is 0. The van der Waals surface area contributed by atoms with E-state index in [0.29, 0.717) is 11.3 Å². The molecule has 0 aliphatic heterocycles. The monoisotopic (exact) mass is 416 g/mol. The van der Waals surface area contributed by atoms with Crippen LogP contribution in [-0.4, -0.2) is 21.6 Å². The first-order valence-electron chi connectivity index (χ1n) is 9.40. The van der Waals surface area contributed by atoms with Gasteiger partial charge in [-0.3, -0.25) is 9.59 Å². The maximum atomic E-state index is 11.5. The van der Waals surface area contributed by atoms with Crippen molar-refractivity contribution in [2.45, 2.75) is 13.3 Å². The maximum absolute atomic E-state index is 11.5. The summed E-state index contributed by atoms with van der Waals surface area (Å²) in [4.78, 5) is 22.9. The van der Waals surface area contributed by atoms with E-state index in [4.69, 9.17) is 5.73 Å². The predicted molar refractivity (Wildman–Crippen MR) is 119 cm³/mol. The number of carboxylic acids is 1. The van der Waals surface area contributed by atoms with E-state index in [-0.39, 0.29) is 6.42 Å². The largest absolute Gasteiger partial charge is 0.481 e. The Morgan fingerprint density at radius 1 is 0.967 bits per heavy atom. The van der Waals surface area contributed by atoms with Crippen LogP contribution in [0.4, 0.5) is 0 Å². The van der Waals surface area contributed by atoms with Crippen molar-refractivity contribution in [1.29, 1.82) is 0 Å². The highest BCUT2D eigenvalue weighted by molar-refractivity contribution is 7.08. The lowest BCUT2D eigenvalue weighted by atomic mass is 10.0. The number of amides is 1. The number of hydrogen-bond acceptors (Lipinski definition) is 3. The minimum Gasteiger partial charge on any atom is -0.481 e. The van der Waals surface area contributed by atoms with E-state index in [1.807, 2.05) is 47.2 Å². The third-order valence-corrected chi connectivity index (χ3v) is 5.73. The first-order chi connectivity index (χ1) is 14.4. The average Bonchev–Trinajstić information content (AvgIpc) is 3.38. The number of thiophene rings is 1. The quantitative estimate of drug-likeness (QED) is 0.468. The molecule has 3 N–H and O–H groups in total. The number of hydrogen-bond donors (Lipinski definition) is 2. The number of nitrogens with two attached hydrogens (primary N) is 1. The highest BCUT2D eigenvalue weighted by Crippen LogP contribution is 2.31. The number of aliphatic carboxylic acids is 1. The van der Waals surface area contributed by atoms with Gasteiger partial charge in [-0.2, -0.15) is 11.3 Å². The summed E-state index contributed by atoms with van der Waals surface area (Å²) < 4.78 is 1.94. The van der Waals surface area contributed by atoms with Crippen LogP contribution in [0.3, 0.4) is 0 Å². The number of carbonyl (C=O) groups is 2. The normalized spacial score (nSPS) is 10.8. The summed E-state index contributed by atoms with van der Waals surface area (Å²) in [6.07, 6.45) is -0.107.